The number of ether oxygens (including phenoxy) is 1. The normalized spacial score (nSPS) is 21.2. The summed E-state index contributed by atoms with van der Waals surface area (Å²) in [6, 6.07) is 15.5. The van der Waals surface area contributed by atoms with Crippen LogP contribution in [0.2, 0.25) is 0 Å². The lowest BCUT2D eigenvalue weighted by atomic mass is 9.86. The van der Waals surface area contributed by atoms with Gasteiger partial charge in [0.1, 0.15) is 18.4 Å². The highest BCUT2D eigenvalue weighted by Gasteiger charge is 2.43. The standard InChI is InChI=1S/C28H24F3NO4S/c29-28(30,31)37-20-10-6-16(7-11-20)15-36-25-21-4-2-1-3-18(21)9-12-22(25)26(33)32-24(27(34)35)23-14-17-5-8-19(23)13-17/h1-12,17,19,23-24H,13-15H2,(H,32,33)(H,34,35)/t17?,19?,23?,24-/m0/s1. The van der Waals surface area contributed by atoms with Gasteiger partial charge in [0.2, 0.25) is 0 Å². The lowest BCUT2D eigenvalue weighted by Gasteiger charge is -2.26. The molecule has 2 aliphatic carbocycles. The van der Waals surface area contributed by atoms with Crippen LogP contribution < -0.4 is 10.1 Å². The number of carboxylic acid groups (broad SMARTS) is 1. The summed E-state index contributed by atoms with van der Waals surface area (Å²) in [5.74, 6) is -1.00. The fourth-order valence-corrected chi connectivity index (χ4v) is 5.84. The minimum absolute atomic E-state index is 0.0186. The molecule has 37 heavy (non-hydrogen) atoms. The Kier molecular flexibility index (Phi) is 6.90. The first-order chi connectivity index (χ1) is 17.7. The number of thioether (sulfide) groups is 1. The monoisotopic (exact) mass is 527 g/mol. The molecule has 1 fully saturated rings. The van der Waals surface area contributed by atoms with Crippen molar-refractivity contribution in [1.29, 1.82) is 0 Å². The summed E-state index contributed by atoms with van der Waals surface area (Å²) in [6.07, 6.45) is 5.80. The molecule has 4 atom stereocenters. The van der Waals surface area contributed by atoms with Crippen LogP contribution in [0, 0.1) is 17.8 Å². The van der Waals surface area contributed by atoms with E-state index >= 15 is 0 Å². The molecule has 2 bridgehead atoms. The van der Waals surface area contributed by atoms with E-state index in [1.165, 1.54) is 12.1 Å². The van der Waals surface area contributed by atoms with Crippen LogP contribution >= 0.6 is 11.8 Å². The number of amides is 1. The van der Waals surface area contributed by atoms with Crippen LogP contribution in [0.5, 0.6) is 5.75 Å². The second-order valence-corrected chi connectivity index (χ2v) is 10.5. The van der Waals surface area contributed by atoms with Crippen molar-refractivity contribution in [3.05, 3.63) is 83.9 Å². The van der Waals surface area contributed by atoms with Crippen molar-refractivity contribution in [2.45, 2.75) is 35.9 Å². The van der Waals surface area contributed by atoms with Crippen LogP contribution in [-0.4, -0.2) is 28.5 Å². The molecule has 9 heteroatoms. The van der Waals surface area contributed by atoms with Gasteiger partial charge < -0.3 is 15.2 Å². The smallest absolute Gasteiger partial charge is 0.446 e. The summed E-state index contributed by atoms with van der Waals surface area (Å²) in [7, 11) is 0. The molecule has 0 aliphatic heterocycles. The van der Waals surface area contributed by atoms with E-state index in [2.05, 4.69) is 11.4 Å². The molecule has 0 radical (unpaired) electrons. The highest BCUT2D eigenvalue weighted by molar-refractivity contribution is 8.00. The molecule has 2 aliphatic rings. The van der Waals surface area contributed by atoms with E-state index in [0.29, 0.717) is 22.6 Å². The Labute approximate surface area is 215 Å². The van der Waals surface area contributed by atoms with E-state index in [4.69, 9.17) is 4.74 Å². The number of hydrogen-bond acceptors (Lipinski definition) is 4. The molecular formula is C28H24F3NO4S. The van der Waals surface area contributed by atoms with Gasteiger partial charge in [0.05, 0.1) is 5.56 Å². The molecule has 0 saturated heterocycles. The SMILES string of the molecule is O=C(N[C@H](C(=O)O)C1CC2C=CC1C2)c1ccc2ccccc2c1OCc1ccc(SC(F)(F)F)cc1. The van der Waals surface area contributed by atoms with Crippen molar-refractivity contribution in [3.63, 3.8) is 0 Å². The van der Waals surface area contributed by atoms with Gasteiger partial charge in [-0.05, 0) is 71.5 Å². The maximum atomic E-state index is 13.4. The Balaban J connectivity index is 1.38. The summed E-state index contributed by atoms with van der Waals surface area (Å²) < 4.78 is 43.9. The second-order valence-electron chi connectivity index (χ2n) is 9.38. The average Bonchev–Trinajstić information content (AvgIpc) is 3.49. The fourth-order valence-electron chi connectivity index (χ4n) is 5.30. The van der Waals surface area contributed by atoms with Crippen LogP contribution in [0.1, 0.15) is 28.8 Å². The topological polar surface area (TPSA) is 75.6 Å². The summed E-state index contributed by atoms with van der Waals surface area (Å²) in [5, 5.41) is 14.1. The van der Waals surface area contributed by atoms with Crippen molar-refractivity contribution >= 4 is 34.4 Å². The summed E-state index contributed by atoms with van der Waals surface area (Å²) in [4.78, 5) is 25.6. The van der Waals surface area contributed by atoms with Crippen LogP contribution in [0.25, 0.3) is 10.8 Å². The third kappa shape index (κ3) is 5.61. The fraction of sp³-hybridized carbons (Fsp3) is 0.286. The Bertz CT molecular complexity index is 1360. The highest BCUT2D eigenvalue weighted by Crippen LogP contribution is 2.45. The van der Waals surface area contributed by atoms with E-state index in [9.17, 15) is 27.9 Å². The molecule has 3 aromatic carbocycles. The Morgan fingerprint density at radius 2 is 1.78 bits per heavy atom. The molecule has 1 saturated carbocycles. The number of fused-ring (bicyclic) bond motifs is 3. The molecular weight excluding hydrogens is 503 g/mol. The number of rotatable bonds is 8. The maximum absolute atomic E-state index is 13.4. The number of hydrogen-bond donors (Lipinski definition) is 2. The van der Waals surface area contributed by atoms with Crippen LogP contribution in [-0.2, 0) is 11.4 Å². The van der Waals surface area contributed by atoms with Crippen LogP contribution in [0.4, 0.5) is 13.2 Å². The van der Waals surface area contributed by atoms with E-state index < -0.39 is 23.4 Å². The molecule has 0 aromatic heterocycles. The third-order valence-corrected chi connectivity index (χ3v) is 7.71. The maximum Gasteiger partial charge on any atom is 0.446 e. The first kappa shape index (κ1) is 25.2. The largest absolute Gasteiger partial charge is 0.487 e. The number of allylic oxidation sites excluding steroid dienone is 2. The molecule has 5 rings (SSSR count). The van der Waals surface area contributed by atoms with Crippen molar-refractivity contribution in [3.8, 4) is 5.75 Å². The number of aliphatic carboxylic acids is 1. The van der Waals surface area contributed by atoms with Gasteiger partial charge in [-0.25, -0.2) is 4.79 Å². The average molecular weight is 528 g/mol. The van der Waals surface area contributed by atoms with Gasteiger partial charge in [-0.1, -0.05) is 54.6 Å². The van der Waals surface area contributed by atoms with Crippen molar-refractivity contribution in [2.75, 3.05) is 0 Å². The van der Waals surface area contributed by atoms with Crippen LogP contribution in [0.3, 0.4) is 0 Å². The number of halogens is 3. The molecule has 3 aromatic rings. The predicted octanol–water partition coefficient (Wildman–Crippen LogP) is 6.43. The Morgan fingerprint density at radius 3 is 2.43 bits per heavy atom. The van der Waals surface area contributed by atoms with E-state index in [1.54, 1.807) is 30.3 Å². The molecule has 5 nitrogen and oxygen atoms in total. The number of carboxylic acids is 1. The molecule has 192 valence electrons. The van der Waals surface area contributed by atoms with Gasteiger partial charge in [-0.15, -0.1) is 0 Å². The minimum atomic E-state index is -4.37. The Hall–Kier alpha value is -3.46. The Morgan fingerprint density at radius 1 is 1.03 bits per heavy atom. The second kappa shape index (κ2) is 10.1. The first-order valence-electron chi connectivity index (χ1n) is 11.9. The molecule has 0 spiro atoms. The third-order valence-electron chi connectivity index (χ3n) is 6.98. The van der Waals surface area contributed by atoms with Crippen molar-refractivity contribution < 1.29 is 32.6 Å². The quantitative estimate of drug-likeness (QED) is 0.261. The highest BCUT2D eigenvalue weighted by atomic mass is 32.2. The number of carbonyl (C=O) groups is 2. The van der Waals surface area contributed by atoms with Gasteiger partial charge in [0.25, 0.3) is 5.91 Å². The van der Waals surface area contributed by atoms with Crippen molar-refractivity contribution in [1.82, 2.24) is 5.32 Å². The van der Waals surface area contributed by atoms with Gasteiger partial charge >= 0.3 is 11.5 Å². The first-order valence-corrected chi connectivity index (χ1v) is 12.7. The molecule has 1 amide bonds. The van der Waals surface area contributed by atoms with Gasteiger partial charge in [0.15, 0.2) is 0 Å². The lowest BCUT2D eigenvalue weighted by molar-refractivity contribution is -0.141. The van der Waals surface area contributed by atoms with Gasteiger partial charge in [0, 0.05) is 10.3 Å². The summed E-state index contributed by atoms with van der Waals surface area (Å²) >= 11 is -0.191. The number of benzene rings is 3. The van der Waals surface area contributed by atoms with E-state index in [1.807, 2.05) is 24.3 Å². The van der Waals surface area contributed by atoms with Crippen LogP contribution in [0.15, 0.2) is 77.7 Å². The lowest BCUT2D eigenvalue weighted by Crippen LogP contribution is -2.47. The molecule has 3 unspecified atom stereocenters. The van der Waals surface area contributed by atoms with Crippen molar-refractivity contribution in [2.24, 2.45) is 17.8 Å². The summed E-state index contributed by atoms with van der Waals surface area (Å²) in [6.45, 7) is 0.0186. The molecule has 2 N–H and O–H groups in total. The van der Waals surface area contributed by atoms with E-state index in [0.717, 1.165) is 18.2 Å². The zero-order valence-corrected chi connectivity index (χ0v) is 20.4. The minimum Gasteiger partial charge on any atom is -0.487 e. The van der Waals surface area contributed by atoms with E-state index in [-0.39, 0.29) is 40.7 Å². The zero-order valence-electron chi connectivity index (χ0n) is 19.6. The number of nitrogens with one attached hydrogen (secondary N) is 1. The number of carbonyl (C=O) groups excluding carboxylic acids is 1. The number of alkyl halides is 3. The predicted molar refractivity (Wildman–Crippen MR) is 134 cm³/mol. The molecule has 0 heterocycles. The zero-order chi connectivity index (χ0) is 26.2. The van der Waals surface area contributed by atoms with Gasteiger partial charge in [-0.2, -0.15) is 13.2 Å². The van der Waals surface area contributed by atoms with Gasteiger partial charge in [-0.3, -0.25) is 4.79 Å². The summed E-state index contributed by atoms with van der Waals surface area (Å²) in [5.41, 5.74) is -3.54.